The molecule has 0 aliphatic rings. The molecule has 2 aromatic carbocycles. The first-order chi connectivity index (χ1) is 12.3. The molecule has 25 heavy (non-hydrogen) atoms. The van der Waals surface area contributed by atoms with Crippen LogP contribution in [0.25, 0.3) is 22.3 Å². The second-order valence-electron chi connectivity index (χ2n) is 5.68. The summed E-state index contributed by atoms with van der Waals surface area (Å²) in [6.07, 6.45) is 3.58. The molecule has 0 aliphatic heterocycles. The van der Waals surface area contributed by atoms with Crippen molar-refractivity contribution in [3.63, 3.8) is 0 Å². The van der Waals surface area contributed by atoms with Gasteiger partial charge in [-0.15, -0.1) is 0 Å². The number of hydrogen-bond acceptors (Lipinski definition) is 3. The smallest absolute Gasteiger partial charge is 0.136 e. The molecule has 0 atom stereocenters. The van der Waals surface area contributed by atoms with Crippen LogP contribution in [0.3, 0.4) is 0 Å². The first-order valence-corrected chi connectivity index (χ1v) is 8.36. The molecule has 4 heteroatoms. The number of aromatic nitrogens is 1. The zero-order valence-electron chi connectivity index (χ0n) is 13.4. The van der Waals surface area contributed by atoms with Gasteiger partial charge in [-0.3, -0.25) is 9.98 Å². The Kier molecular flexibility index (Phi) is 4.32. The average Bonchev–Trinajstić information content (AvgIpc) is 2.67. The fourth-order valence-electron chi connectivity index (χ4n) is 2.68. The summed E-state index contributed by atoms with van der Waals surface area (Å²) in [4.78, 5) is 8.91. The van der Waals surface area contributed by atoms with Gasteiger partial charge in [0.15, 0.2) is 0 Å². The minimum absolute atomic E-state index is 0.549. The Balaban J connectivity index is 1.89. The molecule has 2 heterocycles. The van der Waals surface area contributed by atoms with Crippen LogP contribution >= 0.6 is 11.6 Å². The lowest BCUT2D eigenvalue weighted by molar-refractivity contribution is 0.618. The van der Waals surface area contributed by atoms with E-state index in [1.807, 2.05) is 72.9 Å². The summed E-state index contributed by atoms with van der Waals surface area (Å²) in [5.41, 5.74) is 2.83. The van der Waals surface area contributed by atoms with Gasteiger partial charge in [0.25, 0.3) is 0 Å². The summed E-state index contributed by atoms with van der Waals surface area (Å²) in [5, 5.41) is 2.41. The number of hydrogen-bond donors (Lipinski definition) is 0. The second-order valence-corrected chi connectivity index (χ2v) is 6.12. The largest absolute Gasteiger partial charge is 0.456 e. The van der Waals surface area contributed by atoms with Crippen LogP contribution in [-0.2, 0) is 6.54 Å². The quantitative estimate of drug-likeness (QED) is 0.508. The van der Waals surface area contributed by atoms with Crippen molar-refractivity contribution in [3.05, 3.63) is 95.1 Å². The first kappa shape index (κ1) is 15.6. The highest BCUT2D eigenvalue weighted by molar-refractivity contribution is 6.31. The topological polar surface area (TPSA) is 38.4 Å². The predicted molar refractivity (Wildman–Crippen MR) is 100 cm³/mol. The van der Waals surface area contributed by atoms with Gasteiger partial charge >= 0.3 is 0 Å². The highest BCUT2D eigenvalue weighted by atomic mass is 35.5. The Bertz CT molecular complexity index is 1070. The highest BCUT2D eigenvalue weighted by Gasteiger charge is 2.06. The molecule has 0 N–H and O–H groups in total. The summed E-state index contributed by atoms with van der Waals surface area (Å²) < 4.78 is 6.06. The van der Waals surface area contributed by atoms with Gasteiger partial charge in [0.05, 0.1) is 11.9 Å². The van der Waals surface area contributed by atoms with Crippen molar-refractivity contribution >= 4 is 22.6 Å². The zero-order valence-corrected chi connectivity index (χ0v) is 14.1. The van der Waals surface area contributed by atoms with Crippen LogP contribution in [0, 0.1) is 0 Å². The number of benzene rings is 2. The molecule has 3 nitrogen and oxygen atoms in total. The maximum Gasteiger partial charge on any atom is 0.136 e. The second kappa shape index (κ2) is 6.91. The Morgan fingerprint density at radius 1 is 0.960 bits per heavy atom. The molecule has 0 amide bonds. The zero-order chi connectivity index (χ0) is 17.1. The van der Waals surface area contributed by atoms with Crippen LogP contribution in [0.1, 0.15) is 5.56 Å². The Hall–Kier alpha value is -2.91. The number of nitrogens with zero attached hydrogens (tertiary/aromatic N) is 2. The van der Waals surface area contributed by atoms with E-state index >= 15 is 0 Å². The van der Waals surface area contributed by atoms with Crippen molar-refractivity contribution in [2.75, 3.05) is 0 Å². The lowest BCUT2D eigenvalue weighted by atomic mass is 10.1. The lowest BCUT2D eigenvalue weighted by Crippen LogP contribution is -2.04. The van der Waals surface area contributed by atoms with E-state index in [2.05, 4.69) is 4.98 Å². The van der Waals surface area contributed by atoms with Gasteiger partial charge in [-0.1, -0.05) is 48.0 Å². The van der Waals surface area contributed by atoms with Gasteiger partial charge in [0.1, 0.15) is 11.3 Å². The fourth-order valence-corrected chi connectivity index (χ4v) is 2.86. The fraction of sp³-hybridized carbons (Fsp3) is 0.0476. The van der Waals surface area contributed by atoms with E-state index in [0.717, 1.165) is 33.2 Å². The third-order valence-electron chi connectivity index (χ3n) is 3.92. The predicted octanol–water partition coefficient (Wildman–Crippen LogP) is 5.25. The number of pyridine rings is 1. The van der Waals surface area contributed by atoms with Crippen molar-refractivity contribution in [2.45, 2.75) is 6.54 Å². The molecule has 0 bridgehead atoms. The van der Waals surface area contributed by atoms with Gasteiger partial charge in [0.2, 0.25) is 0 Å². The molecule has 0 fully saturated rings. The first-order valence-electron chi connectivity index (χ1n) is 7.98. The van der Waals surface area contributed by atoms with Crippen molar-refractivity contribution in [1.82, 2.24) is 4.98 Å². The average molecular weight is 347 g/mol. The molecule has 122 valence electrons. The van der Waals surface area contributed by atoms with Crippen LogP contribution in [0.4, 0.5) is 0 Å². The summed E-state index contributed by atoms with van der Waals surface area (Å²) >= 11 is 6.17. The third kappa shape index (κ3) is 3.47. The molecule has 2 aromatic heterocycles. The van der Waals surface area contributed by atoms with E-state index in [1.165, 1.54) is 0 Å². The van der Waals surface area contributed by atoms with Gasteiger partial charge in [-0.05, 0) is 29.8 Å². The molecule has 0 saturated carbocycles. The summed E-state index contributed by atoms with van der Waals surface area (Å²) in [5.74, 6) is 0.778. The molecule has 0 aliphatic carbocycles. The van der Waals surface area contributed by atoms with Gasteiger partial charge < -0.3 is 4.42 Å². The Morgan fingerprint density at radius 2 is 1.84 bits per heavy atom. The summed E-state index contributed by atoms with van der Waals surface area (Å²) in [6, 6.07) is 21.5. The molecular formula is C21H15ClN2O. The van der Waals surface area contributed by atoms with Gasteiger partial charge in [-0.25, -0.2) is 0 Å². The van der Waals surface area contributed by atoms with Crippen molar-refractivity contribution in [3.8, 4) is 11.3 Å². The molecule has 4 aromatic rings. The standard InChI is InChI=1S/C21H15ClN2O/c22-17-8-9-20-18(11-17)19(24-14-15-5-4-10-23-13-15)12-21(25-20)16-6-2-1-3-7-16/h1-13H,14H2. The SMILES string of the molecule is Clc1ccc2oc(-c3ccccc3)cc(=NCc3cccnc3)c2c1. The van der Waals surface area contributed by atoms with E-state index in [0.29, 0.717) is 11.6 Å². The molecule has 4 rings (SSSR count). The van der Waals surface area contributed by atoms with Crippen LogP contribution in [-0.4, -0.2) is 4.98 Å². The maximum absolute atomic E-state index is 6.17. The molecule has 0 radical (unpaired) electrons. The van der Waals surface area contributed by atoms with Crippen LogP contribution in [0.2, 0.25) is 5.02 Å². The van der Waals surface area contributed by atoms with Crippen molar-refractivity contribution < 1.29 is 4.42 Å². The maximum atomic E-state index is 6.17. The monoisotopic (exact) mass is 346 g/mol. The van der Waals surface area contributed by atoms with Crippen molar-refractivity contribution in [1.29, 1.82) is 0 Å². The minimum atomic E-state index is 0.549. The van der Waals surface area contributed by atoms with Crippen LogP contribution < -0.4 is 5.36 Å². The van der Waals surface area contributed by atoms with E-state index in [4.69, 9.17) is 21.0 Å². The van der Waals surface area contributed by atoms with Crippen molar-refractivity contribution in [2.24, 2.45) is 4.99 Å². The lowest BCUT2D eigenvalue weighted by Gasteiger charge is -2.05. The van der Waals surface area contributed by atoms with E-state index in [9.17, 15) is 0 Å². The molecule has 0 spiro atoms. The molecule has 0 saturated heterocycles. The number of halogens is 1. The van der Waals surface area contributed by atoms with Crippen LogP contribution in [0.15, 0.2) is 88.5 Å². The van der Waals surface area contributed by atoms with Gasteiger partial charge in [0, 0.05) is 34.4 Å². The van der Waals surface area contributed by atoms with Gasteiger partial charge in [-0.2, -0.15) is 0 Å². The Morgan fingerprint density at radius 3 is 2.64 bits per heavy atom. The van der Waals surface area contributed by atoms with E-state index < -0.39 is 0 Å². The Labute approximate surface area is 150 Å². The van der Waals surface area contributed by atoms with Crippen LogP contribution in [0.5, 0.6) is 0 Å². The minimum Gasteiger partial charge on any atom is -0.456 e. The van der Waals surface area contributed by atoms with E-state index in [-0.39, 0.29) is 0 Å². The number of fused-ring (bicyclic) bond motifs is 1. The van der Waals surface area contributed by atoms with E-state index in [1.54, 1.807) is 6.20 Å². The molecular weight excluding hydrogens is 332 g/mol. The summed E-state index contributed by atoms with van der Waals surface area (Å²) in [6.45, 7) is 0.549. The summed E-state index contributed by atoms with van der Waals surface area (Å²) in [7, 11) is 0. The third-order valence-corrected chi connectivity index (χ3v) is 4.15. The normalized spacial score (nSPS) is 11.8. The highest BCUT2D eigenvalue weighted by Crippen LogP contribution is 2.23. The number of rotatable bonds is 3. The molecule has 0 unspecified atom stereocenters.